The molecule has 17 heavy (non-hydrogen) atoms. The number of unbranched alkanes of at least 4 members (excludes halogenated alkanes) is 10. The van der Waals surface area contributed by atoms with Crippen molar-refractivity contribution >= 4 is 16.3 Å². The Bertz CT molecular complexity index is 210. The molecule has 0 amide bonds. The molecule has 102 valence electrons. The van der Waals surface area contributed by atoms with Crippen LogP contribution in [0, 0.1) is 0 Å². The maximum absolute atomic E-state index is 10.2. The van der Waals surface area contributed by atoms with Crippen LogP contribution < -0.4 is 0 Å². The molecule has 0 radical (unpaired) electrons. The van der Waals surface area contributed by atoms with E-state index in [0.29, 0.717) is 6.42 Å². The minimum atomic E-state index is 0.0425. The summed E-state index contributed by atoms with van der Waals surface area (Å²) in [6.45, 7) is 2.25. The van der Waals surface area contributed by atoms with Gasteiger partial charge in [-0.15, -0.1) is 0 Å². The number of hydrogen-bond donors (Lipinski definition) is 1. The van der Waals surface area contributed by atoms with Gasteiger partial charge < -0.3 is 5.11 Å². The zero-order valence-electron chi connectivity index (χ0n) is 11.2. The molecule has 1 N–H and O–H groups in total. The predicted molar refractivity (Wildman–Crippen MR) is 76.9 cm³/mol. The van der Waals surface area contributed by atoms with Crippen LogP contribution in [0.1, 0.15) is 84.0 Å². The van der Waals surface area contributed by atoms with Crippen molar-refractivity contribution in [3.05, 3.63) is 0 Å². The first-order valence-electron chi connectivity index (χ1n) is 7.16. The molecule has 0 atom stereocenters. The van der Waals surface area contributed by atoms with E-state index in [9.17, 15) is 4.21 Å². The molecule has 0 heterocycles. The van der Waals surface area contributed by atoms with Gasteiger partial charge in [0.15, 0.2) is 0 Å². The lowest BCUT2D eigenvalue weighted by molar-refractivity contribution is 0.524. The molecule has 2 nitrogen and oxygen atoms in total. The average Bonchev–Trinajstić information content (AvgIpc) is 2.35. The van der Waals surface area contributed by atoms with Gasteiger partial charge in [0.05, 0.1) is 0 Å². The summed E-state index contributed by atoms with van der Waals surface area (Å²) in [5, 5.41) is 9.01. The molecule has 0 saturated carbocycles. The van der Waals surface area contributed by atoms with E-state index < -0.39 is 0 Å². The number of rotatable bonds is 12. The van der Waals surface area contributed by atoms with E-state index in [4.69, 9.17) is 5.11 Å². The van der Waals surface area contributed by atoms with Crippen LogP contribution in [-0.2, 0) is 11.3 Å². The van der Waals surface area contributed by atoms with Gasteiger partial charge in [-0.2, -0.15) is 0 Å². The van der Waals surface area contributed by atoms with Gasteiger partial charge in [-0.05, 0) is 6.42 Å². The average molecular weight is 260 g/mol. The molecule has 0 aliphatic heterocycles. The molecular formula is C14H28O2S. The Morgan fingerprint density at radius 1 is 0.824 bits per heavy atom. The van der Waals surface area contributed by atoms with Crippen LogP contribution in [0.3, 0.4) is 0 Å². The first kappa shape index (κ1) is 16.9. The van der Waals surface area contributed by atoms with Crippen LogP contribution in [-0.4, -0.2) is 14.4 Å². The second kappa shape index (κ2) is 13.9. The molecule has 3 heteroatoms. The Labute approximate surface area is 110 Å². The van der Waals surface area contributed by atoms with Crippen molar-refractivity contribution in [1.82, 2.24) is 0 Å². The van der Waals surface area contributed by atoms with E-state index in [1.54, 1.807) is 0 Å². The molecule has 0 unspecified atom stereocenters. The molecule has 0 spiro atoms. The Morgan fingerprint density at radius 3 is 1.65 bits per heavy atom. The summed E-state index contributed by atoms with van der Waals surface area (Å²) < 4.78 is 10.2. The Hall–Kier alpha value is -0.150. The Kier molecular flexibility index (Phi) is 13.8. The van der Waals surface area contributed by atoms with Crippen LogP contribution in [0.2, 0.25) is 0 Å². The van der Waals surface area contributed by atoms with Crippen molar-refractivity contribution in [3.8, 4) is 0 Å². The molecular weight excluding hydrogens is 232 g/mol. The first-order chi connectivity index (χ1) is 8.31. The summed E-state index contributed by atoms with van der Waals surface area (Å²) in [6, 6.07) is 0. The van der Waals surface area contributed by atoms with E-state index in [-0.39, 0.29) is 16.3 Å². The van der Waals surface area contributed by atoms with E-state index in [2.05, 4.69) is 6.92 Å². The van der Waals surface area contributed by atoms with Gasteiger partial charge >= 0.3 is 0 Å². The maximum Gasteiger partial charge on any atom is 0.142 e. The predicted octanol–water partition coefficient (Wildman–Crippen LogP) is 4.59. The summed E-state index contributed by atoms with van der Waals surface area (Å²) in [6.07, 6.45) is 14.8. The van der Waals surface area contributed by atoms with Gasteiger partial charge in [0.2, 0.25) is 0 Å². The summed E-state index contributed by atoms with van der Waals surface area (Å²) in [7, 11) is 0. The third kappa shape index (κ3) is 13.8. The topological polar surface area (TPSA) is 37.3 Å². The zero-order valence-corrected chi connectivity index (χ0v) is 12.1. The molecule has 0 saturated heterocycles. The normalized spacial score (nSPS) is 10.5. The van der Waals surface area contributed by atoms with E-state index in [1.807, 2.05) is 0 Å². The SMILES string of the molecule is CCCCCCCCCCCCCC(O)=S=O. The van der Waals surface area contributed by atoms with Gasteiger partial charge in [0.25, 0.3) is 0 Å². The van der Waals surface area contributed by atoms with Gasteiger partial charge in [0, 0.05) is 6.42 Å². The second-order valence-corrected chi connectivity index (χ2v) is 5.40. The first-order valence-corrected chi connectivity index (χ1v) is 7.90. The number of aliphatic hydroxyl groups is 1. The summed E-state index contributed by atoms with van der Waals surface area (Å²) >= 11 is 0.228. The molecule has 0 aliphatic carbocycles. The van der Waals surface area contributed by atoms with Gasteiger partial charge in [-0.3, -0.25) is 0 Å². The monoisotopic (exact) mass is 260 g/mol. The lowest BCUT2D eigenvalue weighted by Gasteiger charge is -2.01. The lowest BCUT2D eigenvalue weighted by atomic mass is 10.1. The van der Waals surface area contributed by atoms with Crippen molar-refractivity contribution in [2.45, 2.75) is 84.0 Å². The van der Waals surface area contributed by atoms with E-state index in [0.717, 1.165) is 12.8 Å². The van der Waals surface area contributed by atoms with Crippen molar-refractivity contribution < 1.29 is 9.32 Å². The molecule has 0 aromatic carbocycles. The minimum Gasteiger partial charge on any atom is -0.353 e. The van der Waals surface area contributed by atoms with Crippen LogP contribution >= 0.6 is 0 Å². The standard InChI is InChI=1S/C14H28O2S/c1-2-3-4-5-6-7-8-9-10-11-12-13-14(15)17-16/h15H,2-13H2,1H3. The van der Waals surface area contributed by atoms with Gasteiger partial charge in [-0.25, -0.2) is 4.21 Å². The van der Waals surface area contributed by atoms with Crippen LogP contribution in [0.5, 0.6) is 0 Å². The highest BCUT2D eigenvalue weighted by Gasteiger charge is 1.95. The third-order valence-electron chi connectivity index (χ3n) is 3.09. The number of hydrogen-bond acceptors (Lipinski definition) is 1. The van der Waals surface area contributed by atoms with E-state index >= 15 is 0 Å². The molecule has 0 aliphatic rings. The van der Waals surface area contributed by atoms with E-state index in [1.165, 1.54) is 57.8 Å². The van der Waals surface area contributed by atoms with Gasteiger partial charge in [0.1, 0.15) is 16.3 Å². The Balaban J connectivity index is 3.01. The van der Waals surface area contributed by atoms with Crippen LogP contribution in [0.15, 0.2) is 0 Å². The Morgan fingerprint density at radius 2 is 1.24 bits per heavy atom. The molecule has 0 bridgehead atoms. The maximum atomic E-state index is 10.2. The fourth-order valence-electron chi connectivity index (χ4n) is 1.98. The molecule has 0 fully saturated rings. The second-order valence-electron chi connectivity index (χ2n) is 4.76. The van der Waals surface area contributed by atoms with Crippen LogP contribution in [0.25, 0.3) is 0 Å². The smallest absolute Gasteiger partial charge is 0.142 e. The highest BCUT2D eigenvalue weighted by molar-refractivity contribution is 7.66. The zero-order chi connectivity index (χ0) is 12.8. The largest absolute Gasteiger partial charge is 0.353 e. The summed E-state index contributed by atoms with van der Waals surface area (Å²) in [5.74, 6) is 0. The highest BCUT2D eigenvalue weighted by Crippen LogP contribution is 2.11. The summed E-state index contributed by atoms with van der Waals surface area (Å²) in [4.78, 5) is 0. The number of aliphatic hydroxyl groups excluding tert-OH is 1. The summed E-state index contributed by atoms with van der Waals surface area (Å²) in [5.41, 5.74) is 0. The third-order valence-corrected chi connectivity index (χ3v) is 3.49. The fraction of sp³-hybridized carbons (Fsp3) is 0.929. The van der Waals surface area contributed by atoms with Crippen molar-refractivity contribution in [3.63, 3.8) is 0 Å². The van der Waals surface area contributed by atoms with Crippen molar-refractivity contribution in [1.29, 1.82) is 0 Å². The van der Waals surface area contributed by atoms with Crippen LogP contribution in [0.4, 0.5) is 0 Å². The highest BCUT2D eigenvalue weighted by atomic mass is 32.1. The minimum absolute atomic E-state index is 0.0425. The molecule has 0 aromatic rings. The van der Waals surface area contributed by atoms with Crippen molar-refractivity contribution in [2.75, 3.05) is 0 Å². The van der Waals surface area contributed by atoms with Gasteiger partial charge in [-0.1, -0.05) is 71.1 Å². The van der Waals surface area contributed by atoms with Crippen molar-refractivity contribution in [2.24, 2.45) is 0 Å². The lowest BCUT2D eigenvalue weighted by Crippen LogP contribution is -1.94. The fourth-order valence-corrected chi connectivity index (χ4v) is 2.21. The molecule has 0 rings (SSSR count). The molecule has 0 aromatic heterocycles. The quantitative estimate of drug-likeness (QED) is 0.411.